The molecule has 5 nitrogen and oxygen atoms in total. The fourth-order valence-electron chi connectivity index (χ4n) is 3.38. The summed E-state index contributed by atoms with van der Waals surface area (Å²) in [5.41, 5.74) is 1.41. The molecule has 1 aliphatic rings. The molecule has 1 aromatic heterocycles. The lowest BCUT2D eigenvalue weighted by Gasteiger charge is -2.22. The minimum Gasteiger partial charge on any atom is -0.492 e. The number of aliphatic hydroxyl groups is 1. The van der Waals surface area contributed by atoms with Gasteiger partial charge in [-0.3, -0.25) is 4.79 Å². The van der Waals surface area contributed by atoms with E-state index in [9.17, 15) is 15.0 Å². The van der Waals surface area contributed by atoms with Gasteiger partial charge >= 0.3 is 0 Å². The van der Waals surface area contributed by atoms with Crippen LogP contribution in [0.1, 0.15) is 50.7 Å². The Morgan fingerprint density at radius 1 is 1.29 bits per heavy atom. The quantitative estimate of drug-likeness (QED) is 0.799. The van der Waals surface area contributed by atoms with Crippen LogP contribution in [0.3, 0.4) is 0 Å². The minimum absolute atomic E-state index is 0.178. The maximum atomic E-state index is 12.7. The molecule has 1 heterocycles. The topological polar surface area (TPSA) is 71.7 Å². The Bertz CT molecular complexity index is 796. The molecular weight excluding hydrogens is 306 g/mol. The first-order valence-corrected chi connectivity index (χ1v) is 8.76. The molecular formula is C19H25NO4. The Hall–Kier alpha value is -2.01. The van der Waals surface area contributed by atoms with E-state index in [1.807, 2.05) is 12.1 Å². The van der Waals surface area contributed by atoms with Crippen LogP contribution in [0.2, 0.25) is 0 Å². The fourth-order valence-corrected chi connectivity index (χ4v) is 3.38. The number of aryl methyl sites for hydroxylation is 2. The SMILES string of the molecule is CCC(C)CCC(O)On1c(O)c2c3c(cccc3c1=O)CCC2. The second kappa shape index (κ2) is 6.85. The van der Waals surface area contributed by atoms with E-state index in [2.05, 4.69) is 13.8 Å². The van der Waals surface area contributed by atoms with Crippen LogP contribution < -0.4 is 10.4 Å². The molecule has 0 fully saturated rings. The molecule has 0 saturated heterocycles. The van der Waals surface area contributed by atoms with E-state index >= 15 is 0 Å². The molecule has 0 bridgehead atoms. The van der Waals surface area contributed by atoms with E-state index in [0.717, 1.165) is 46.9 Å². The van der Waals surface area contributed by atoms with E-state index in [4.69, 9.17) is 4.84 Å². The Balaban J connectivity index is 1.96. The van der Waals surface area contributed by atoms with E-state index in [1.165, 1.54) is 0 Å². The third-order valence-electron chi connectivity index (χ3n) is 5.03. The van der Waals surface area contributed by atoms with Crippen molar-refractivity contribution in [2.45, 2.75) is 58.7 Å². The van der Waals surface area contributed by atoms with Gasteiger partial charge in [0.15, 0.2) is 0 Å². The normalized spacial score (nSPS) is 16.1. The average Bonchev–Trinajstić information content (AvgIpc) is 2.61. The van der Waals surface area contributed by atoms with Crippen LogP contribution in [0.5, 0.6) is 5.88 Å². The zero-order valence-corrected chi connectivity index (χ0v) is 14.3. The van der Waals surface area contributed by atoms with Gasteiger partial charge in [0, 0.05) is 12.0 Å². The molecule has 5 heteroatoms. The number of aliphatic hydroxyl groups excluding tert-OH is 1. The summed E-state index contributed by atoms with van der Waals surface area (Å²) < 4.78 is 0.869. The van der Waals surface area contributed by atoms with Gasteiger partial charge in [0.2, 0.25) is 12.2 Å². The lowest BCUT2D eigenvalue weighted by Crippen LogP contribution is -2.34. The predicted molar refractivity (Wildman–Crippen MR) is 93.2 cm³/mol. The summed E-state index contributed by atoms with van der Waals surface area (Å²) in [6, 6.07) is 5.60. The highest BCUT2D eigenvalue weighted by atomic mass is 16.7. The summed E-state index contributed by atoms with van der Waals surface area (Å²) in [5, 5.41) is 22.0. The molecule has 130 valence electrons. The predicted octanol–water partition coefficient (Wildman–Crippen LogP) is 2.77. The van der Waals surface area contributed by atoms with E-state index in [0.29, 0.717) is 24.1 Å². The van der Waals surface area contributed by atoms with Crippen LogP contribution in [0, 0.1) is 5.92 Å². The summed E-state index contributed by atoms with van der Waals surface area (Å²) in [5.74, 6) is 0.302. The van der Waals surface area contributed by atoms with Gasteiger partial charge < -0.3 is 15.1 Å². The van der Waals surface area contributed by atoms with Gasteiger partial charge in [-0.1, -0.05) is 32.4 Å². The Kier molecular flexibility index (Phi) is 4.81. The smallest absolute Gasteiger partial charge is 0.294 e. The van der Waals surface area contributed by atoms with Crippen molar-refractivity contribution >= 4 is 10.8 Å². The highest BCUT2D eigenvalue weighted by Crippen LogP contribution is 2.33. The highest BCUT2D eigenvalue weighted by molar-refractivity contribution is 5.90. The van der Waals surface area contributed by atoms with Gasteiger partial charge in [0.05, 0.1) is 5.39 Å². The Morgan fingerprint density at radius 2 is 2.08 bits per heavy atom. The molecule has 2 aromatic rings. The van der Waals surface area contributed by atoms with E-state index < -0.39 is 11.8 Å². The second-order valence-corrected chi connectivity index (χ2v) is 6.75. The van der Waals surface area contributed by atoms with Gasteiger partial charge in [0.25, 0.3) is 5.56 Å². The average molecular weight is 331 g/mol. The maximum absolute atomic E-state index is 12.7. The number of aromatic nitrogens is 1. The van der Waals surface area contributed by atoms with Gasteiger partial charge in [-0.05, 0) is 48.6 Å². The van der Waals surface area contributed by atoms with Crippen molar-refractivity contribution in [1.82, 2.24) is 4.73 Å². The minimum atomic E-state index is -1.11. The summed E-state index contributed by atoms with van der Waals surface area (Å²) in [4.78, 5) is 18.1. The Labute approximate surface area is 141 Å². The maximum Gasteiger partial charge on any atom is 0.294 e. The second-order valence-electron chi connectivity index (χ2n) is 6.75. The monoisotopic (exact) mass is 331 g/mol. The van der Waals surface area contributed by atoms with Crippen LogP contribution in [0.25, 0.3) is 10.8 Å². The molecule has 2 atom stereocenters. The summed E-state index contributed by atoms with van der Waals surface area (Å²) in [7, 11) is 0. The molecule has 1 aromatic carbocycles. The molecule has 3 rings (SSSR count). The number of benzene rings is 1. The lowest BCUT2D eigenvalue weighted by molar-refractivity contribution is -0.117. The number of nitrogens with zero attached hydrogens (tertiary/aromatic N) is 1. The molecule has 24 heavy (non-hydrogen) atoms. The van der Waals surface area contributed by atoms with Crippen LogP contribution >= 0.6 is 0 Å². The molecule has 0 saturated carbocycles. The van der Waals surface area contributed by atoms with Crippen molar-refractivity contribution in [2.75, 3.05) is 0 Å². The van der Waals surface area contributed by atoms with Crippen molar-refractivity contribution in [3.63, 3.8) is 0 Å². The largest absolute Gasteiger partial charge is 0.492 e. The lowest BCUT2D eigenvalue weighted by atomic mass is 9.90. The summed E-state index contributed by atoms with van der Waals surface area (Å²) in [6.07, 6.45) is 3.68. The Morgan fingerprint density at radius 3 is 2.83 bits per heavy atom. The van der Waals surface area contributed by atoms with Gasteiger partial charge in [-0.2, -0.15) is 0 Å². The first-order valence-electron chi connectivity index (χ1n) is 8.76. The zero-order chi connectivity index (χ0) is 17.3. The molecule has 0 spiro atoms. The van der Waals surface area contributed by atoms with E-state index in [-0.39, 0.29) is 5.88 Å². The third-order valence-corrected chi connectivity index (χ3v) is 5.03. The zero-order valence-electron chi connectivity index (χ0n) is 14.3. The fraction of sp³-hybridized carbons (Fsp3) is 0.526. The van der Waals surface area contributed by atoms with Gasteiger partial charge in [0.1, 0.15) is 0 Å². The standard InChI is InChI=1S/C19H25NO4/c1-3-12(2)10-11-16(21)24-20-18(22)14-8-4-6-13-7-5-9-15(17(13)14)19(20)23/h4,6,8,12,16,21,23H,3,5,7,9-11H2,1-2H3. The first-order chi connectivity index (χ1) is 11.5. The van der Waals surface area contributed by atoms with Crippen molar-refractivity contribution in [2.24, 2.45) is 5.92 Å². The van der Waals surface area contributed by atoms with Crippen LogP contribution in [0.15, 0.2) is 23.0 Å². The highest BCUT2D eigenvalue weighted by Gasteiger charge is 2.23. The molecule has 2 N–H and O–H groups in total. The van der Waals surface area contributed by atoms with Crippen LogP contribution in [-0.4, -0.2) is 21.2 Å². The van der Waals surface area contributed by atoms with Crippen molar-refractivity contribution in [3.8, 4) is 5.88 Å². The number of hydrogen-bond acceptors (Lipinski definition) is 4. The molecule has 1 aliphatic carbocycles. The van der Waals surface area contributed by atoms with Crippen LogP contribution in [0.4, 0.5) is 0 Å². The van der Waals surface area contributed by atoms with Crippen molar-refractivity contribution in [3.05, 3.63) is 39.7 Å². The summed E-state index contributed by atoms with van der Waals surface area (Å²) in [6.45, 7) is 4.21. The number of aromatic hydroxyl groups is 1. The van der Waals surface area contributed by atoms with Crippen LogP contribution in [-0.2, 0) is 12.8 Å². The van der Waals surface area contributed by atoms with Crippen molar-refractivity contribution in [1.29, 1.82) is 0 Å². The molecule has 2 unspecified atom stereocenters. The number of pyridine rings is 1. The summed E-state index contributed by atoms with van der Waals surface area (Å²) >= 11 is 0. The number of rotatable bonds is 6. The third kappa shape index (κ3) is 3.00. The first kappa shape index (κ1) is 16.8. The van der Waals surface area contributed by atoms with Gasteiger partial charge in [-0.25, -0.2) is 0 Å². The molecule has 0 aliphatic heterocycles. The van der Waals surface area contributed by atoms with E-state index in [1.54, 1.807) is 6.07 Å². The molecule has 0 radical (unpaired) electrons. The van der Waals surface area contributed by atoms with Crippen molar-refractivity contribution < 1.29 is 15.1 Å². The number of hydrogen-bond donors (Lipinski definition) is 2. The van der Waals surface area contributed by atoms with Gasteiger partial charge in [-0.15, -0.1) is 4.73 Å². The molecule has 0 amide bonds.